The summed E-state index contributed by atoms with van der Waals surface area (Å²) in [5.74, 6) is 2.64. The Balaban J connectivity index is 1.02. The highest BCUT2D eigenvalue weighted by Crippen LogP contribution is 2.60. The van der Waals surface area contributed by atoms with Gasteiger partial charge in [-0.15, -0.1) is 0 Å². The van der Waals surface area contributed by atoms with Crippen LogP contribution in [0.15, 0.2) is 41.2 Å². The first kappa shape index (κ1) is 29.3. The van der Waals surface area contributed by atoms with Crippen LogP contribution < -0.4 is 15.5 Å². The first-order valence-electron chi connectivity index (χ1n) is 15.6. The zero-order chi connectivity index (χ0) is 29.1. The van der Waals surface area contributed by atoms with Crippen LogP contribution in [-0.4, -0.2) is 60.2 Å². The third-order valence-corrected chi connectivity index (χ3v) is 10.8. The Labute approximate surface area is 250 Å². The number of fused-ring (bicyclic) bond motifs is 1. The first-order chi connectivity index (χ1) is 20.4. The Morgan fingerprint density at radius 1 is 1.00 bits per heavy atom. The van der Waals surface area contributed by atoms with Crippen LogP contribution in [0.2, 0.25) is 0 Å². The van der Waals surface area contributed by atoms with Crippen molar-refractivity contribution in [2.45, 2.75) is 57.8 Å². The molecule has 4 bridgehead atoms. The van der Waals surface area contributed by atoms with Gasteiger partial charge in [0.05, 0.1) is 4.70 Å². The van der Waals surface area contributed by atoms with Crippen molar-refractivity contribution in [2.75, 3.05) is 39.3 Å². The Morgan fingerprint density at radius 3 is 2.45 bits per heavy atom. The van der Waals surface area contributed by atoms with Crippen molar-refractivity contribution < 1.29 is 14.3 Å². The summed E-state index contributed by atoms with van der Waals surface area (Å²) in [7, 11) is 0. The molecule has 1 amide bonds. The molecule has 9 heteroatoms. The molecule has 0 saturated heterocycles. The van der Waals surface area contributed by atoms with Gasteiger partial charge in [0, 0.05) is 32.6 Å². The van der Waals surface area contributed by atoms with Gasteiger partial charge in [-0.25, -0.2) is 4.39 Å². The quantitative estimate of drug-likeness (QED) is 0.201. The Kier molecular flexibility index (Phi) is 8.98. The van der Waals surface area contributed by atoms with E-state index in [1.807, 2.05) is 12.1 Å². The first-order valence-corrected chi connectivity index (χ1v) is 16.4. The van der Waals surface area contributed by atoms with Gasteiger partial charge in [-0.1, -0.05) is 29.5 Å². The smallest absolute Gasteiger partial charge is 0.305 e. The molecule has 4 fully saturated rings. The van der Waals surface area contributed by atoms with Crippen LogP contribution in [0.25, 0.3) is 10.2 Å². The molecule has 0 atom stereocenters. The molecule has 1 heterocycles. The summed E-state index contributed by atoms with van der Waals surface area (Å²) in [6.07, 6.45) is 9.95. The number of aromatic hydroxyl groups is 1. The summed E-state index contributed by atoms with van der Waals surface area (Å²) >= 11 is 1.13. The molecule has 4 saturated carbocycles. The van der Waals surface area contributed by atoms with E-state index in [0.29, 0.717) is 37.0 Å². The van der Waals surface area contributed by atoms with Crippen LogP contribution in [-0.2, 0) is 17.6 Å². The van der Waals surface area contributed by atoms with E-state index < -0.39 is 0 Å². The molecule has 0 radical (unpaired) electrons. The number of amides is 1. The Bertz CT molecular complexity index is 1420. The molecule has 226 valence electrons. The van der Waals surface area contributed by atoms with E-state index in [9.17, 15) is 19.1 Å². The van der Waals surface area contributed by atoms with Crippen LogP contribution in [0, 0.1) is 29.0 Å². The van der Waals surface area contributed by atoms with Gasteiger partial charge in [-0.05, 0) is 117 Å². The number of rotatable bonds is 14. The van der Waals surface area contributed by atoms with E-state index in [2.05, 4.69) is 20.5 Å². The van der Waals surface area contributed by atoms with Gasteiger partial charge in [0.1, 0.15) is 17.1 Å². The molecule has 7 rings (SSSR count). The minimum atomic E-state index is -0.213. The summed E-state index contributed by atoms with van der Waals surface area (Å²) in [4.78, 5) is 30.1. The third-order valence-electron chi connectivity index (χ3n) is 9.81. The topological polar surface area (TPSA) is 97.5 Å². The lowest BCUT2D eigenvalue weighted by Crippen LogP contribution is -2.53. The van der Waals surface area contributed by atoms with Gasteiger partial charge in [0.25, 0.3) is 0 Å². The van der Waals surface area contributed by atoms with E-state index in [1.165, 1.54) is 44.6 Å². The molecule has 0 unspecified atom stereocenters. The fourth-order valence-corrected chi connectivity index (χ4v) is 9.31. The van der Waals surface area contributed by atoms with Crippen LogP contribution in [0.5, 0.6) is 5.75 Å². The predicted octanol–water partition coefficient (Wildman–Crippen LogP) is 4.83. The van der Waals surface area contributed by atoms with E-state index in [1.54, 1.807) is 18.2 Å². The average molecular weight is 595 g/mol. The number of thiazole rings is 1. The second-order valence-electron chi connectivity index (χ2n) is 13.1. The molecule has 7 nitrogen and oxygen atoms in total. The molecule has 4 aliphatic carbocycles. The lowest BCUT2D eigenvalue weighted by atomic mass is 9.49. The number of hydrogen-bond donors (Lipinski definition) is 4. The Hall–Kier alpha value is -2.75. The summed E-state index contributed by atoms with van der Waals surface area (Å²) in [6, 6.07) is 10.2. The molecular weight excluding hydrogens is 551 g/mol. The van der Waals surface area contributed by atoms with Crippen LogP contribution in [0.4, 0.5) is 4.39 Å². The molecule has 4 N–H and O–H groups in total. The number of nitrogens with one attached hydrogen (secondary N) is 3. The second kappa shape index (κ2) is 12.9. The van der Waals surface area contributed by atoms with E-state index in [-0.39, 0.29) is 22.3 Å². The number of carbonyl (C=O) groups excluding carboxylic acids is 1. The molecular formula is C33H43FN4O3S. The molecule has 2 aromatic carbocycles. The SMILES string of the molecule is O=C(CCNCCc1cccc(F)c1)N(CCNCCc1ccc(O)c2[nH]c(=O)sc12)CC12CC3CC(CC(C3)C1)C2. The maximum atomic E-state index is 13.6. The highest BCUT2D eigenvalue weighted by atomic mass is 32.1. The van der Waals surface area contributed by atoms with Gasteiger partial charge in [0.2, 0.25) is 5.91 Å². The zero-order valence-corrected chi connectivity index (χ0v) is 25.1. The van der Waals surface area contributed by atoms with Crippen LogP contribution in [0.3, 0.4) is 0 Å². The number of nitrogens with zero attached hydrogens (tertiary/aromatic N) is 1. The summed E-state index contributed by atoms with van der Waals surface area (Å²) in [6.45, 7) is 4.34. The van der Waals surface area contributed by atoms with Gasteiger partial charge in [0.15, 0.2) is 0 Å². The number of halogens is 1. The number of phenolic OH excluding ortho intramolecular Hbond substituents is 1. The normalized spacial score (nSPS) is 24.5. The van der Waals surface area contributed by atoms with Crippen molar-refractivity contribution >= 4 is 27.5 Å². The van der Waals surface area contributed by atoms with Gasteiger partial charge in [-0.2, -0.15) is 0 Å². The minimum Gasteiger partial charge on any atom is -0.506 e. The van der Waals surface area contributed by atoms with Crippen molar-refractivity contribution in [3.8, 4) is 5.75 Å². The van der Waals surface area contributed by atoms with E-state index in [0.717, 1.165) is 77.4 Å². The Morgan fingerprint density at radius 2 is 1.71 bits per heavy atom. The standard InChI is InChI=1S/C33H43FN4O3S/c34-27-3-1-2-22(17-27)6-9-35-11-8-29(40)38(21-33-18-23-14-24(19-33)16-25(15-23)20-33)13-12-36-10-7-26-4-5-28(39)30-31(26)42-32(41)37-30/h1-5,17,23-25,35-36,39H,6-16,18-21H2,(H,37,41). The molecule has 0 spiro atoms. The highest BCUT2D eigenvalue weighted by Gasteiger charge is 2.51. The number of carbonyl (C=O) groups is 1. The van der Waals surface area contributed by atoms with Crippen molar-refractivity contribution in [3.05, 3.63) is 63.0 Å². The summed E-state index contributed by atoms with van der Waals surface area (Å²) in [5.41, 5.74) is 2.80. The summed E-state index contributed by atoms with van der Waals surface area (Å²) < 4.78 is 14.3. The lowest BCUT2D eigenvalue weighted by Gasteiger charge is -2.58. The second-order valence-corrected chi connectivity index (χ2v) is 14.1. The zero-order valence-electron chi connectivity index (χ0n) is 24.3. The largest absolute Gasteiger partial charge is 0.506 e. The van der Waals surface area contributed by atoms with E-state index >= 15 is 0 Å². The van der Waals surface area contributed by atoms with Gasteiger partial charge in [-0.3, -0.25) is 9.59 Å². The fraction of sp³-hybridized carbons (Fsp3) is 0.576. The van der Waals surface area contributed by atoms with Gasteiger partial charge >= 0.3 is 4.87 Å². The maximum Gasteiger partial charge on any atom is 0.305 e. The number of benzene rings is 2. The fourth-order valence-electron chi connectivity index (χ4n) is 8.42. The average Bonchev–Trinajstić information content (AvgIpc) is 3.35. The number of hydrogen-bond acceptors (Lipinski definition) is 6. The van der Waals surface area contributed by atoms with E-state index in [4.69, 9.17) is 0 Å². The molecule has 1 aromatic heterocycles. The number of H-pyrrole nitrogens is 1. The highest BCUT2D eigenvalue weighted by molar-refractivity contribution is 7.16. The molecule has 4 aliphatic rings. The minimum absolute atomic E-state index is 0.0994. The van der Waals surface area contributed by atoms with Crippen molar-refractivity contribution in [3.63, 3.8) is 0 Å². The van der Waals surface area contributed by atoms with Crippen molar-refractivity contribution in [1.29, 1.82) is 0 Å². The number of aromatic nitrogens is 1. The molecule has 42 heavy (non-hydrogen) atoms. The lowest BCUT2D eigenvalue weighted by molar-refractivity contribution is -0.137. The van der Waals surface area contributed by atoms with Crippen molar-refractivity contribution in [2.24, 2.45) is 23.2 Å². The summed E-state index contributed by atoms with van der Waals surface area (Å²) in [5, 5.41) is 17.0. The van der Waals surface area contributed by atoms with Crippen LogP contribution in [0.1, 0.15) is 56.1 Å². The van der Waals surface area contributed by atoms with Crippen molar-refractivity contribution in [1.82, 2.24) is 20.5 Å². The number of phenols is 1. The number of aromatic amines is 1. The van der Waals surface area contributed by atoms with Crippen LogP contribution >= 0.6 is 11.3 Å². The maximum absolute atomic E-state index is 13.6. The monoisotopic (exact) mass is 594 g/mol. The van der Waals surface area contributed by atoms with Gasteiger partial charge < -0.3 is 25.6 Å². The molecule has 0 aliphatic heterocycles. The predicted molar refractivity (Wildman–Crippen MR) is 165 cm³/mol. The molecule has 3 aromatic rings. The third kappa shape index (κ3) is 6.90.